The van der Waals surface area contributed by atoms with Crippen LogP contribution in [-0.2, 0) is 36.8 Å². The molecule has 5 N–H and O–H groups in total. The van der Waals surface area contributed by atoms with Gasteiger partial charge < -0.3 is 54.1 Å². The Labute approximate surface area is 205 Å². The highest BCUT2D eigenvalue weighted by molar-refractivity contribution is 7.59. The molecule has 0 bridgehead atoms. The van der Waals surface area contributed by atoms with E-state index in [4.69, 9.17) is 4.74 Å². The van der Waals surface area contributed by atoms with Gasteiger partial charge in [0.15, 0.2) is 6.29 Å². The summed E-state index contributed by atoms with van der Waals surface area (Å²) in [5.74, 6) is -2.11. The van der Waals surface area contributed by atoms with Gasteiger partial charge in [0.2, 0.25) is 0 Å². The first-order valence-corrected chi connectivity index (χ1v) is 13.2. The van der Waals surface area contributed by atoms with Crippen molar-refractivity contribution < 1.29 is 72.1 Å². The van der Waals surface area contributed by atoms with Gasteiger partial charge in [-0.2, -0.15) is 0 Å². The van der Waals surface area contributed by atoms with E-state index in [-0.39, 0.29) is 12.0 Å². The summed E-state index contributed by atoms with van der Waals surface area (Å²) in [6.07, 6.45) is -14.8. The summed E-state index contributed by atoms with van der Waals surface area (Å²) in [6, 6.07) is 0. The first-order chi connectivity index (χ1) is 17.0. The SMILES string of the molecule is Cc1cn([C@H]2C[C@H](O)[C@@H](COP(=O)([O-])OP(=O)([O-])OC3O[C@H](C(=O)[O-])[C@@H](O)[C@H](O)[C@H]3O)O2)c(=O)[nH]c1=O. The molecule has 0 spiro atoms. The van der Waals surface area contributed by atoms with E-state index in [2.05, 4.69) is 18.1 Å². The second-order valence-corrected chi connectivity index (χ2v) is 10.9. The van der Waals surface area contributed by atoms with Crippen molar-refractivity contribution in [1.29, 1.82) is 0 Å². The van der Waals surface area contributed by atoms with Gasteiger partial charge in [-0.15, -0.1) is 0 Å². The molecule has 3 unspecified atom stereocenters. The number of hydrogen-bond acceptors (Lipinski definition) is 17. The summed E-state index contributed by atoms with van der Waals surface area (Å²) >= 11 is 0. The summed E-state index contributed by atoms with van der Waals surface area (Å²) in [7, 11) is -11.8. The molecule has 1 aromatic heterocycles. The van der Waals surface area contributed by atoms with Crippen molar-refractivity contribution in [2.24, 2.45) is 0 Å². The molecule has 2 saturated heterocycles. The van der Waals surface area contributed by atoms with Crippen molar-refractivity contribution in [3.8, 4) is 0 Å². The van der Waals surface area contributed by atoms with Crippen LogP contribution in [0.15, 0.2) is 15.8 Å². The number of rotatable bonds is 9. The zero-order valence-corrected chi connectivity index (χ0v) is 20.3. The number of carbonyl (C=O) groups excluding carboxylic acids is 1. The third kappa shape index (κ3) is 6.98. The molecule has 3 rings (SSSR count). The van der Waals surface area contributed by atoms with Crippen LogP contribution in [0.4, 0.5) is 0 Å². The van der Waals surface area contributed by atoms with Gasteiger partial charge >= 0.3 is 5.69 Å². The van der Waals surface area contributed by atoms with Gasteiger partial charge in [0.25, 0.3) is 21.2 Å². The molecule has 37 heavy (non-hydrogen) atoms. The van der Waals surface area contributed by atoms with E-state index >= 15 is 0 Å². The minimum atomic E-state index is -6.00. The lowest BCUT2D eigenvalue weighted by atomic mass is 9.99. The number of hydrogen-bond donors (Lipinski definition) is 5. The van der Waals surface area contributed by atoms with Gasteiger partial charge in [0, 0.05) is 18.2 Å². The molecule has 19 nitrogen and oxygen atoms in total. The Morgan fingerprint density at radius 2 is 1.78 bits per heavy atom. The number of phosphoric acid groups is 2. The van der Waals surface area contributed by atoms with Crippen LogP contribution in [-0.4, -0.2) is 85.5 Å². The van der Waals surface area contributed by atoms with Crippen molar-refractivity contribution >= 4 is 21.6 Å². The number of ether oxygens (including phenoxy) is 2. The van der Waals surface area contributed by atoms with Gasteiger partial charge in [-0.25, -0.2) is 9.11 Å². The fraction of sp³-hybridized carbons (Fsp3) is 0.688. The number of aromatic amines is 1. The normalized spacial score (nSPS) is 35.5. The van der Waals surface area contributed by atoms with Gasteiger partial charge in [0.05, 0.1) is 18.7 Å². The monoisotopic (exact) mass is 575 g/mol. The summed E-state index contributed by atoms with van der Waals surface area (Å²) in [5.41, 5.74) is -1.39. The molecular weight excluding hydrogens is 554 g/mol. The lowest BCUT2D eigenvalue weighted by molar-refractivity contribution is -0.348. The molecule has 21 heteroatoms. The Kier molecular flexibility index (Phi) is 8.93. The Morgan fingerprint density at radius 3 is 2.41 bits per heavy atom. The van der Waals surface area contributed by atoms with E-state index in [9.17, 15) is 58.8 Å². The highest BCUT2D eigenvalue weighted by Crippen LogP contribution is 2.57. The maximum atomic E-state index is 12.0. The van der Waals surface area contributed by atoms with Crippen molar-refractivity contribution in [2.75, 3.05) is 6.61 Å². The summed E-state index contributed by atoms with van der Waals surface area (Å²) in [5, 5.41) is 50.0. The van der Waals surface area contributed by atoms with E-state index < -0.39 is 88.6 Å². The van der Waals surface area contributed by atoms with Gasteiger partial charge in [-0.3, -0.25) is 28.0 Å². The molecule has 3 heterocycles. The van der Waals surface area contributed by atoms with Crippen LogP contribution < -0.4 is 26.1 Å². The third-order valence-corrected chi connectivity index (χ3v) is 7.82. The topological polar surface area (TPSA) is 302 Å². The molecule has 0 radical (unpaired) electrons. The number of phosphoric ester groups is 2. The second kappa shape index (κ2) is 11.1. The van der Waals surface area contributed by atoms with Crippen LogP contribution in [0.5, 0.6) is 0 Å². The summed E-state index contributed by atoms with van der Waals surface area (Å²) < 4.78 is 47.2. The highest BCUT2D eigenvalue weighted by Gasteiger charge is 2.46. The average Bonchev–Trinajstić information content (AvgIpc) is 3.14. The molecule has 1 aromatic rings. The molecule has 2 aliphatic heterocycles. The summed E-state index contributed by atoms with van der Waals surface area (Å²) in [4.78, 5) is 60.5. The number of nitrogens with zero attached hydrogens (tertiary/aromatic N) is 1. The predicted octanol–water partition coefficient (Wildman–Crippen LogP) is -5.96. The predicted molar refractivity (Wildman–Crippen MR) is 106 cm³/mol. The van der Waals surface area contributed by atoms with E-state index in [1.807, 2.05) is 4.98 Å². The number of nitrogens with one attached hydrogen (secondary N) is 1. The second-order valence-electron chi connectivity index (χ2n) is 8.00. The molecule has 2 aliphatic rings. The molecule has 2 fully saturated rings. The van der Waals surface area contributed by atoms with Crippen molar-refractivity contribution in [3.63, 3.8) is 0 Å². The maximum absolute atomic E-state index is 12.0. The molecule has 0 aromatic carbocycles. The molecular formula is C16H21N2O17P2-3. The van der Waals surface area contributed by atoms with E-state index in [1.54, 1.807) is 0 Å². The number of H-pyrrole nitrogens is 1. The standard InChI is InChI=1S/C16H24N2O17P2/c1-5-3-18(16(26)17-13(5)23)8-2-6(19)7(32-8)4-31-36(27,28)35-37(29,30)34-15-11(22)9(20)10(21)12(33-15)14(24)25/h3,6-12,15,19-22H,2,4H2,1H3,(H,24,25)(H,27,28)(H,29,30)(H,17,23,26)/p-3/t6-,7+,8+,9-,10-,11+,12-,15?/m0/s1. The Hall–Kier alpha value is -1.83. The highest BCUT2D eigenvalue weighted by atomic mass is 31.3. The number of aliphatic hydroxyl groups is 4. The zero-order valence-electron chi connectivity index (χ0n) is 18.5. The van der Waals surface area contributed by atoms with Gasteiger partial charge in [-0.1, -0.05) is 0 Å². The van der Waals surface area contributed by atoms with E-state index in [0.717, 1.165) is 10.8 Å². The van der Waals surface area contributed by atoms with Crippen LogP contribution in [0.3, 0.4) is 0 Å². The lowest BCUT2D eigenvalue weighted by Gasteiger charge is -2.42. The Balaban J connectivity index is 1.61. The minimum absolute atomic E-state index is 0.140. The smallest absolute Gasteiger partial charge is 0.330 e. The van der Waals surface area contributed by atoms with Crippen molar-refractivity contribution in [3.05, 3.63) is 32.6 Å². The van der Waals surface area contributed by atoms with Crippen LogP contribution in [0.1, 0.15) is 18.2 Å². The quantitative estimate of drug-likeness (QED) is 0.171. The number of carboxylic acids is 1. The largest absolute Gasteiger partial charge is 0.756 e. The maximum Gasteiger partial charge on any atom is 0.330 e. The lowest BCUT2D eigenvalue weighted by Crippen LogP contribution is -2.62. The number of carboxylic acid groups (broad SMARTS) is 1. The van der Waals surface area contributed by atoms with Crippen molar-refractivity contribution in [2.45, 2.75) is 62.5 Å². The van der Waals surface area contributed by atoms with Crippen LogP contribution in [0.25, 0.3) is 0 Å². The van der Waals surface area contributed by atoms with E-state index in [1.165, 1.54) is 6.92 Å². The number of carbonyl (C=O) groups is 1. The third-order valence-electron chi connectivity index (χ3n) is 5.29. The number of aliphatic carboxylic acids is 1. The zero-order chi connectivity index (χ0) is 27.9. The fourth-order valence-corrected chi connectivity index (χ4v) is 5.50. The first kappa shape index (κ1) is 29.7. The fourth-order valence-electron chi connectivity index (χ4n) is 3.42. The first-order valence-electron chi connectivity index (χ1n) is 10.2. The minimum Gasteiger partial charge on any atom is -0.756 e. The molecule has 0 saturated carbocycles. The average molecular weight is 575 g/mol. The molecule has 0 aliphatic carbocycles. The van der Waals surface area contributed by atoms with Crippen molar-refractivity contribution in [1.82, 2.24) is 9.55 Å². The van der Waals surface area contributed by atoms with Crippen LogP contribution >= 0.6 is 15.6 Å². The number of aromatic nitrogens is 2. The molecule has 210 valence electrons. The number of aryl methyl sites for hydroxylation is 1. The van der Waals surface area contributed by atoms with Crippen LogP contribution in [0.2, 0.25) is 0 Å². The summed E-state index contributed by atoms with van der Waals surface area (Å²) in [6.45, 7) is 0.393. The Bertz CT molecular complexity index is 1220. The van der Waals surface area contributed by atoms with Gasteiger partial charge in [-0.05, 0) is 6.92 Å². The Morgan fingerprint density at radius 1 is 1.14 bits per heavy atom. The van der Waals surface area contributed by atoms with Gasteiger partial charge in [0.1, 0.15) is 36.7 Å². The number of aliphatic hydroxyl groups excluding tert-OH is 4. The van der Waals surface area contributed by atoms with Crippen LogP contribution in [0, 0.1) is 6.92 Å². The molecule has 10 atom stereocenters. The van der Waals surface area contributed by atoms with E-state index in [0.29, 0.717) is 0 Å². The molecule has 0 amide bonds.